The number of rotatable bonds is 9. The maximum atomic E-state index is 12.5. The van der Waals surface area contributed by atoms with Crippen LogP contribution in [0.2, 0.25) is 10.0 Å². The summed E-state index contributed by atoms with van der Waals surface area (Å²) in [5.74, 6) is 0.759. The summed E-state index contributed by atoms with van der Waals surface area (Å²) in [5.41, 5.74) is 3.09. The van der Waals surface area contributed by atoms with Crippen LogP contribution in [0.3, 0.4) is 0 Å². The van der Waals surface area contributed by atoms with Gasteiger partial charge in [-0.3, -0.25) is 9.36 Å². The number of hydrogen-bond acceptors (Lipinski definition) is 6. The lowest BCUT2D eigenvalue weighted by Gasteiger charge is -2.08. The lowest BCUT2D eigenvalue weighted by Crippen LogP contribution is -2.14. The van der Waals surface area contributed by atoms with E-state index in [1.54, 1.807) is 24.4 Å². The van der Waals surface area contributed by atoms with Crippen LogP contribution < -0.4 is 5.32 Å². The normalized spacial score (nSPS) is 10.9. The second kappa shape index (κ2) is 11.2. The fraction of sp³-hybridized carbons (Fsp3) is 0.167. The monoisotopic (exact) mass is 529 g/mol. The van der Waals surface area contributed by atoms with E-state index < -0.39 is 0 Å². The van der Waals surface area contributed by atoms with E-state index in [0.717, 1.165) is 21.8 Å². The summed E-state index contributed by atoms with van der Waals surface area (Å²) in [5, 5.41) is 13.9. The molecule has 0 bridgehead atoms. The van der Waals surface area contributed by atoms with Gasteiger partial charge in [-0.15, -0.1) is 28.1 Å². The number of anilines is 1. The molecule has 2 aromatic heterocycles. The molecule has 0 fully saturated rings. The Labute approximate surface area is 216 Å². The molecule has 0 unspecified atom stereocenters. The first-order valence-electron chi connectivity index (χ1n) is 10.4. The van der Waals surface area contributed by atoms with Gasteiger partial charge in [0.1, 0.15) is 0 Å². The lowest BCUT2D eigenvalue weighted by atomic mass is 10.1. The zero-order valence-electron chi connectivity index (χ0n) is 18.3. The minimum atomic E-state index is -0.166. The fourth-order valence-corrected chi connectivity index (χ4v) is 5.27. The average Bonchev–Trinajstić information content (AvgIpc) is 3.42. The fourth-order valence-electron chi connectivity index (χ4n) is 3.19. The highest BCUT2D eigenvalue weighted by atomic mass is 35.5. The van der Waals surface area contributed by atoms with Crippen molar-refractivity contribution in [1.82, 2.24) is 19.7 Å². The summed E-state index contributed by atoms with van der Waals surface area (Å²) < 4.78 is 1.95. The van der Waals surface area contributed by atoms with Crippen molar-refractivity contribution in [3.8, 4) is 11.4 Å². The van der Waals surface area contributed by atoms with Gasteiger partial charge in [-0.1, -0.05) is 76.9 Å². The third-order valence-corrected chi connectivity index (χ3v) is 7.32. The highest BCUT2D eigenvalue weighted by Crippen LogP contribution is 2.28. The number of nitrogens with zero attached hydrogens (tertiary/aromatic N) is 4. The molecule has 4 rings (SSSR count). The highest BCUT2D eigenvalue weighted by molar-refractivity contribution is 7.99. The number of carbonyl (C=O) groups is 1. The van der Waals surface area contributed by atoms with Crippen molar-refractivity contribution in [2.24, 2.45) is 0 Å². The predicted molar refractivity (Wildman–Crippen MR) is 141 cm³/mol. The number of carbonyl (C=O) groups excluding carboxylic acids is 1. The molecule has 2 aromatic carbocycles. The first-order valence-corrected chi connectivity index (χ1v) is 12.9. The Bertz CT molecular complexity index is 1320. The van der Waals surface area contributed by atoms with Gasteiger partial charge in [-0.25, -0.2) is 4.98 Å². The minimum absolute atomic E-state index is 0.166. The number of halogens is 2. The first-order chi connectivity index (χ1) is 16.4. The largest absolute Gasteiger partial charge is 0.301 e. The highest BCUT2D eigenvalue weighted by Gasteiger charge is 2.16. The molecule has 0 aliphatic carbocycles. The number of nitrogens with one attached hydrogen (secondary N) is 1. The molecule has 0 aliphatic rings. The van der Waals surface area contributed by atoms with Gasteiger partial charge in [-0.2, -0.15) is 0 Å². The molecule has 4 aromatic rings. The SMILES string of the molecule is C=CCn1c(SCC(=O)Nc2ncc(Cc3ccc(Cl)cc3Cl)s2)nnc1-c1ccc(C)cc1. The molecule has 0 spiro atoms. The summed E-state index contributed by atoms with van der Waals surface area (Å²) in [6.07, 6.45) is 4.15. The molecule has 0 saturated carbocycles. The van der Waals surface area contributed by atoms with Gasteiger partial charge < -0.3 is 5.32 Å². The number of benzene rings is 2. The van der Waals surface area contributed by atoms with Crippen molar-refractivity contribution in [3.63, 3.8) is 0 Å². The van der Waals surface area contributed by atoms with Gasteiger partial charge in [0.05, 0.1) is 5.75 Å². The number of amides is 1. The van der Waals surface area contributed by atoms with Crippen molar-refractivity contribution in [2.45, 2.75) is 25.0 Å². The topological polar surface area (TPSA) is 72.7 Å². The number of hydrogen-bond donors (Lipinski definition) is 1. The van der Waals surface area contributed by atoms with Gasteiger partial charge in [0.15, 0.2) is 16.1 Å². The number of aromatic nitrogens is 4. The molecule has 6 nitrogen and oxygen atoms in total. The van der Waals surface area contributed by atoms with E-state index in [4.69, 9.17) is 23.2 Å². The van der Waals surface area contributed by atoms with E-state index >= 15 is 0 Å². The Morgan fingerprint density at radius 2 is 2.00 bits per heavy atom. The maximum Gasteiger partial charge on any atom is 0.236 e. The number of aryl methyl sites for hydroxylation is 1. The van der Waals surface area contributed by atoms with Crippen molar-refractivity contribution < 1.29 is 4.79 Å². The molecule has 0 aliphatic heterocycles. The zero-order valence-corrected chi connectivity index (χ0v) is 21.4. The number of allylic oxidation sites excluding steroid dienone is 1. The van der Waals surface area contributed by atoms with Crippen LogP contribution in [0.1, 0.15) is 16.0 Å². The van der Waals surface area contributed by atoms with Crippen molar-refractivity contribution in [2.75, 3.05) is 11.1 Å². The Kier molecular flexibility index (Phi) is 8.05. The summed E-state index contributed by atoms with van der Waals surface area (Å²) in [7, 11) is 0. The van der Waals surface area contributed by atoms with Crippen molar-refractivity contribution in [1.29, 1.82) is 0 Å². The van der Waals surface area contributed by atoms with Gasteiger partial charge >= 0.3 is 0 Å². The van der Waals surface area contributed by atoms with Gasteiger partial charge in [0.2, 0.25) is 5.91 Å². The first kappa shape index (κ1) is 24.5. The Hall–Kier alpha value is -2.65. The van der Waals surface area contributed by atoms with E-state index in [9.17, 15) is 4.79 Å². The van der Waals surface area contributed by atoms with Crippen molar-refractivity contribution in [3.05, 3.63) is 87.4 Å². The maximum absolute atomic E-state index is 12.5. The molecule has 0 saturated heterocycles. The summed E-state index contributed by atoms with van der Waals surface area (Å²) in [6, 6.07) is 13.5. The van der Waals surface area contributed by atoms with Crippen LogP contribution in [-0.4, -0.2) is 31.4 Å². The summed E-state index contributed by atoms with van der Waals surface area (Å²) in [4.78, 5) is 17.9. The van der Waals surface area contributed by atoms with Crippen LogP contribution in [0, 0.1) is 6.92 Å². The molecule has 1 amide bonds. The summed E-state index contributed by atoms with van der Waals surface area (Å²) >= 11 is 15.0. The second-order valence-corrected chi connectivity index (χ2v) is 10.4. The van der Waals surface area contributed by atoms with E-state index in [-0.39, 0.29) is 11.7 Å². The summed E-state index contributed by atoms with van der Waals surface area (Å²) in [6.45, 7) is 6.41. The van der Waals surface area contributed by atoms with E-state index in [2.05, 4.69) is 27.1 Å². The van der Waals surface area contributed by atoms with Gasteiger partial charge in [0, 0.05) is 39.6 Å². The molecule has 0 atom stereocenters. The Morgan fingerprint density at radius 3 is 2.74 bits per heavy atom. The smallest absolute Gasteiger partial charge is 0.236 e. The molecule has 10 heteroatoms. The van der Waals surface area contributed by atoms with Crippen LogP contribution >= 0.6 is 46.3 Å². The van der Waals surface area contributed by atoms with Crippen molar-refractivity contribution >= 4 is 57.3 Å². The number of thioether (sulfide) groups is 1. The van der Waals surface area contributed by atoms with E-state index in [1.165, 1.54) is 28.7 Å². The molecule has 1 N–H and O–H groups in total. The third-order valence-electron chi connectivity index (χ3n) is 4.85. The Morgan fingerprint density at radius 1 is 1.21 bits per heavy atom. The van der Waals surface area contributed by atoms with Gasteiger partial charge in [0.25, 0.3) is 0 Å². The van der Waals surface area contributed by atoms with Crippen LogP contribution in [0.15, 0.2) is 66.5 Å². The van der Waals surface area contributed by atoms with E-state index in [0.29, 0.717) is 33.3 Å². The average molecular weight is 531 g/mol. The standard InChI is InChI=1S/C24H21Cl2N5OS2/c1-3-10-31-22(16-6-4-15(2)5-7-16)29-30-24(31)33-14-21(32)28-23-27-13-19(34-23)11-17-8-9-18(25)12-20(17)26/h3-9,12-13H,1,10-11,14H2,2H3,(H,27,28,32). The van der Waals surface area contributed by atoms with Gasteiger partial charge in [-0.05, 0) is 24.6 Å². The zero-order chi connectivity index (χ0) is 24.1. The predicted octanol–water partition coefficient (Wildman–Crippen LogP) is 6.52. The van der Waals surface area contributed by atoms with Crippen LogP contribution in [0.4, 0.5) is 5.13 Å². The second-order valence-electron chi connectivity index (χ2n) is 7.45. The molecule has 0 radical (unpaired) electrons. The molecule has 174 valence electrons. The molecule has 2 heterocycles. The van der Waals surface area contributed by atoms with Crippen LogP contribution in [0.5, 0.6) is 0 Å². The molecule has 34 heavy (non-hydrogen) atoms. The van der Waals surface area contributed by atoms with E-state index in [1.807, 2.05) is 41.8 Å². The quantitative estimate of drug-likeness (QED) is 0.197. The lowest BCUT2D eigenvalue weighted by molar-refractivity contribution is -0.113. The minimum Gasteiger partial charge on any atom is -0.301 e. The van der Waals surface area contributed by atoms with Crippen LogP contribution in [0.25, 0.3) is 11.4 Å². The Balaban J connectivity index is 1.38. The third kappa shape index (κ3) is 6.07. The van der Waals surface area contributed by atoms with Crippen LogP contribution in [-0.2, 0) is 17.8 Å². The molecular formula is C24H21Cl2N5OS2. The molecular weight excluding hydrogens is 509 g/mol. The number of thiazole rings is 1.